The average Bonchev–Trinajstić information content (AvgIpc) is 3.31. The highest BCUT2D eigenvalue weighted by Gasteiger charge is 2.25. The highest BCUT2D eigenvalue weighted by atomic mass is 16.2. The average molecular weight is 491 g/mol. The minimum Gasteiger partial charge on any atom is -0.351 e. The number of hydrogen-bond donors (Lipinski definition) is 0. The lowest BCUT2D eigenvalue weighted by molar-refractivity contribution is -0.130. The van der Waals surface area contributed by atoms with Gasteiger partial charge >= 0.3 is 0 Å². The molecule has 37 heavy (non-hydrogen) atoms. The van der Waals surface area contributed by atoms with Crippen molar-refractivity contribution in [2.45, 2.75) is 19.8 Å². The normalized spacial score (nSPS) is 15.8. The van der Waals surface area contributed by atoms with E-state index < -0.39 is 0 Å². The predicted molar refractivity (Wildman–Crippen MR) is 148 cm³/mol. The Bertz CT molecular complexity index is 1580. The van der Waals surface area contributed by atoms with Gasteiger partial charge < -0.3 is 14.4 Å². The van der Waals surface area contributed by atoms with Crippen LogP contribution in [0.15, 0.2) is 79.5 Å². The molecule has 7 heteroatoms. The van der Waals surface area contributed by atoms with Crippen LogP contribution in [0.4, 0.5) is 11.4 Å². The molecule has 5 aromatic rings. The van der Waals surface area contributed by atoms with E-state index in [0.29, 0.717) is 5.92 Å². The molecule has 0 spiro atoms. The van der Waals surface area contributed by atoms with E-state index in [-0.39, 0.29) is 5.91 Å². The smallest absolute Gasteiger partial charge is 0.219 e. The van der Waals surface area contributed by atoms with E-state index in [4.69, 9.17) is 9.97 Å². The lowest BCUT2D eigenvalue weighted by Gasteiger charge is -2.36. The Morgan fingerprint density at radius 2 is 1.95 bits per heavy atom. The first-order chi connectivity index (χ1) is 18.1. The van der Waals surface area contributed by atoms with Crippen molar-refractivity contribution in [2.75, 3.05) is 24.5 Å². The Labute approximate surface area is 216 Å². The van der Waals surface area contributed by atoms with Crippen molar-refractivity contribution in [2.24, 2.45) is 13.0 Å². The minimum absolute atomic E-state index is 0.150. The van der Waals surface area contributed by atoms with Crippen molar-refractivity contribution < 1.29 is 4.79 Å². The molecule has 1 unspecified atom stereocenters. The van der Waals surface area contributed by atoms with Crippen LogP contribution in [0, 0.1) is 5.92 Å². The topological polar surface area (TPSA) is 67.2 Å². The van der Waals surface area contributed by atoms with Crippen molar-refractivity contribution in [3.63, 3.8) is 0 Å². The van der Waals surface area contributed by atoms with Crippen molar-refractivity contribution in [1.29, 1.82) is 0 Å². The summed E-state index contributed by atoms with van der Waals surface area (Å²) in [5, 5.41) is 1.21. The molecule has 1 amide bonds. The Morgan fingerprint density at radius 1 is 1.05 bits per heavy atom. The van der Waals surface area contributed by atoms with Gasteiger partial charge in [-0.2, -0.15) is 0 Å². The third-order valence-electron chi connectivity index (χ3n) is 7.43. The molecule has 1 atom stereocenters. The molecular weight excluding hydrogens is 460 g/mol. The third kappa shape index (κ3) is 4.53. The van der Waals surface area contributed by atoms with Gasteiger partial charge in [0.05, 0.1) is 22.9 Å². The number of pyridine rings is 1. The second-order valence-electron chi connectivity index (χ2n) is 9.91. The molecule has 1 aliphatic rings. The molecule has 186 valence electrons. The maximum Gasteiger partial charge on any atom is 0.219 e. The molecule has 6 rings (SSSR count). The standard InChI is InChI=1S/C30H30N6O/c1-21(37)35-13-4-5-22(19-35)20-36(25-6-3-10-31-18-25)26-16-27(30-28(17-26)32-11-12-33-30)24-8-7-23-9-14-34(2)29(23)15-24/h3,6-12,14-18,22H,4-5,13,19-20H2,1-2H3. The summed E-state index contributed by atoms with van der Waals surface area (Å²) >= 11 is 0. The SMILES string of the molecule is CC(=O)N1CCCC(CN(c2cccnc2)c2cc(-c3ccc4ccn(C)c4c3)c3nccnc3c2)C1. The summed E-state index contributed by atoms with van der Waals surface area (Å²) in [4.78, 5) is 30.2. The van der Waals surface area contributed by atoms with Crippen LogP contribution in [-0.2, 0) is 11.8 Å². The van der Waals surface area contributed by atoms with E-state index in [1.165, 1.54) is 10.9 Å². The van der Waals surface area contributed by atoms with Gasteiger partial charge in [0, 0.05) is 75.2 Å². The van der Waals surface area contributed by atoms with Gasteiger partial charge in [0.2, 0.25) is 5.91 Å². The highest BCUT2D eigenvalue weighted by Crippen LogP contribution is 2.36. The molecule has 0 saturated carbocycles. The first kappa shape index (κ1) is 23.2. The number of carbonyl (C=O) groups excluding carboxylic acids is 1. The molecular formula is C30H30N6O. The van der Waals surface area contributed by atoms with Gasteiger partial charge in [0.25, 0.3) is 0 Å². The van der Waals surface area contributed by atoms with Crippen molar-refractivity contribution in [3.05, 3.63) is 79.5 Å². The van der Waals surface area contributed by atoms with Gasteiger partial charge in [-0.3, -0.25) is 19.7 Å². The molecule has 3 aromatic heterocycles. The second-order valence-corrected chi connectivity index (χ2v) is 9.91. The largest absolute Gasteiger partial charge is 0.351 e. The molecule has 1 aliphatic heterocycles. The number of aryl methyl sites for hydroxylation is 1. The van der Waals surface area contributed by atoms with Gasteiger partial charge in [0.15, 0.2) is 0 Å². The van der Waals surface area contributed by atoms with Gasteiger partial charge in [0.1, 0.15) is 0 Å². The lowest BCUT2D eigenvalue weighted by Crippen LogP contribution is -2.42. The van der Waals surface area contributed by atoms with E-state index in [2.05, 4.69) is 70.2 Å². The van der Waals surface area contributed by atoms with E-state index in [1.54, 1.807) is 25.5 Å². The van der Waals surface area contributed by atoms with Crippen molar-refractivity contribution >= 4 is 39.2 Å². The van der Waals surface area contributed by atoms with Crippen LogP contribution >= 0.6 is 0 Å². The Morgan fingerprint density at radius 3 is 2.78 bits per heavy atom. The fourth-order valence-corrected chi connectivity index (χ4v) is 5.50. The molecule has 0 aliphatic carbocycles. The van der Waals surface area contributed by atoms with E-state index in [9.17, 15) is 4.79 Å². The molecule has 1 fully saturated rings. The molecule has 0 bridgehead atoms. The number of fused-ring (bicyclic) bond motifs is 2. The lowest BCUT2D eigenvalue weighted by atomic mass is 9.96. The maximum absolute atomic E-state index is 12.1. The Hall–Kier alpha value is -4.26. The number of anilines is 2. The van der Waals surface area contributed by atoms with Gasteiger partial charge in [-0.05, 0) is 66.1 Å². The van der Waals surface area contributed by atoms with Crippen LogP contribution in [0.2, 0.25) is 0 Å². The quantitative estimate of drug-likeness (QED) is 0.322. The highest BCUT2D eigenvalue weighted by molar-refractivity contribution is 5.97. The van der Waals surface area contributed by atoms with Crippen LogP contribution in [0.3, 0.4) is 0 Å². The number of rotatable bonds is 5. The summed E-state index contributed by atoms with van der Waals surface area (Å²) < 4.78 is 2.14. The molecule has 0 radical (unpaired) electrons. The molecule has 0 N–H and O–H groups in total. The number of carbonyl (C=O) groups is 1. The molecule has 1 saturated heterocycles. The summed E-state index contributed by atoms with van der Waals surface area (Å²) in [5.41, 5.74) is 7.13. The van der Waals surface area contributed by atoms with Crippen LogP contribution in [0.25, 0.3) is 33.1 Å². The van der Waals surface area contributed by atoms with Crippen LogP contribution in [-0.4, -0.2) is 50.0 Å². The van der Waals surface area contributed by atoms with Crippen LogP contribution < -0.4 is 4.90 Å². The molecule has 7 nitrogen and oxygen atoms in total. The number of benzene rings is 2. The summed E-state index contributed by atoms with van der Waals surface area (Å²) in [6.07, 6.45) is 11.4. The van der Waals surface area contributed by atoms with E-state index >= 15 is 0 Å². The minimum atomic E-state index is 0.150. The van der Waals surface area contributed by atoms with Gasteiger partial charge in [-0.25, -0.2) is 0 Å². The number of piperidine rings is 1. The number of aromatic nitrogens is 4. The summed E-state index contributed by atoms with van der Waals surface area (Å²) in [5.74, 6) is 0.510. The molecule has 4 heterocycles. The molecule has 2 aromatic carbocycles. The van der Waals surface area contributed by atoms with E-state index in [1.807, 2.05) is 17.2 Å². The number of amides is 1. The summed E-state index contributed by atoms with van der Waals surface area (Å²) in [6, 6.07) is 17.1. The second kappa shape index (κ2) is 9.65. The Balaban J connectivity index is 1.47. The summed E-state index contributed by atoms with van der Waals surface area (Å²) in [6.45, 7) is 4.07. The number of nitrogens with zero attached hydrogens (tertiary/aromatic N) is 6. The third-order valence-corrected chi connectivity index (χ3v) is 7.43. The fourth-order valence-electron chi connectivity index (χ4n) is 5.50. The van der Waals surface area contributed by atoms with Gasteiger partial charge in [-0.15, -0.1) is 0 Å². The zero-order valence-electron chi connectivity index (χ0n) is 21.2. The number of likely N-dealkylation sites (tertiary alicyclic amines) is 1. The first-order valence-corrected chi connectivity index (χ1v) is 12.8. The zero-order valence-corrected chi connectivity index (χ0v) is 21.2. The van der Waals surface area contributed by atoms with E-state index in [0.717, 1.165) is 66.0 Å². The van der Waals surface area contributed by atoms with Crippen LogP contribution in [0.1, 0.15) is 19.8 Å². The first-order valence-electron chi connectivity index (χ1n) is 12.8. The zero-order chi connectivity index (χ0) is 25.4. The van der Waals surface area contributed by atoms with Crippen molar-refractivity contribution in [1.82, 2.24) is 24.4 Å². The van der Waals surface area contributed by atoms with Gasteiger partial charge in [-0.1, -0.05) is 12.1 Å². The maximum atomic E-state index is 12.1. The Kier molecular flexibility index (Phi) is 6.04. The summed E-state index contributed by atoms with van der Waals surface area (Å²) in [7, 11) is 2.07. The van der Waals surface area contributed by atoms with Crippen molar-refractivity contribution in [3.8, 4) is 11.1 Å². The number of hydrogen-bond acceptors (Lipinski definition) is 5. The fraction of sp³-hybridized carbons (Fsp3) is 0.267. The predicted octanol–water partition coefficient (Wildman–Crippen LogP) is 5.58. The monoisotopic (exact) mass is 490 g/mol. The van der Waals surface area contributed by atoms with Crippen LogP contribution in [0.5, 0.6) is 0 Å².